The molecule has 7 heteroatoms. The molecule has 0 fully saturated rings. The van der Waals surface area contributed by atoms with Crippen molar-refractivity contribution >= 4 is 33.2 Å². The first-order chi connectivity index (χ1) is 11.3. The summed E-state index contributed by atoms with van der Waals surface area (Å²) in [5.74, 6) is -0.376. The van der Waals surface area contributed by atoms with Crippen molar-refractivity contribution in [2.75, 3.05) is 10.6 Å². The molecule has 0 spiro atoms. The number of benzene rings is 2. The molecular weight excluding hydrogens is 348 g/mol. The zero-order valence-electron chi connectivity index (χ0n) is 13.4. The van der Waals surface area contributed by atoms with Crippen LogP contribution in [0.25, 0.3) is 0 Å². The minimum Gasteiger partial charge on any atom is -0.350 e. The number of sulfonamides is 1. The van der Waals surface area contributed by atoms with E-state index in [2.05, 4.69) is 5.32 Å². The topological polar surface area (TPSA) is 66.5 Å². The van der Waals surface area contributed by atoms with Crippen molar-refractivity contribution < 1.29 is 13.2 Å². The van der Waals surface area contributed by atoms with Gasteiger partial charge in [-0.25, -0.2) is 8.42 Å². The van der Waals surface area contributed by atoms with Crippen LogP contribution in [0.1, 0.15) is 12.5 Å². The lowest BCUT2D eigenvalue weighted by molar-refractivity contribution is -0.122. The zero-order chi connectivity index (χ0) is 17.7. The van der Waals surface area contributed by atoms with E-state index in [0.29, 0.717) is 17.3 Å². The molecule has 5 nitrogen and oxygen atoms in total. The zero-order valence-corrected chi connectivity index (χ0v) is 15.0. The first-order valence-electron chi connectivity index (χ1n) is 7.35. The third kappa shape index (κ3) is 4.72. The number of hydrogen-bond acceptors (Lipinski definition) is 3. The molecule has 1 atom stereocenters. The second-order valence-electron chi connectivity index (χ2n) is 5.41. The second kappa shape index (κ2) is 7.68. The lowest BCUT2D eigenvalue weighted by atomic mass is 10.2. The number of nitrogens with zero attached hydrogens (tertiary/aromatic N) is 1. The van der Waals surface area contributed by atoms with Crippen LogP contribution in [0.4, 0.5) is 5.69 Å². The van der Waals surface area contributed by atoms with Gasteiger partial charge in [-0.1, -0.05) is 41.9 Å². The first kappa shape index (κ1) is 18.3. The third-order valence-corrected chi connectivity index (χ3v) is 4.97. The predicted octanol–water partition coefficient (Wildman–Crippen LogP) is 2.81. The highest BCUT2D eigenvalue weighted by molar-refractivity contribution is 7.92. The molecule has 2 rings (SSSR count). The van der Waals surface area contributed by atoms with Crippen molar-refractivity contribution in [3.63, 3.8) is 0 Å². The maximum atomic E-state index is 12.4. The van der Waals surface area contributed by atoms with Crippen molar-refractivity contribution in [1.82, 2.24) is 5.32 Å². The van der Waals surface area contributed by atoms with E-state index in [0.717, 1.165) is 16.1 Å². The number of amides is 1. The average molecular weight is 367 g/mol. The van der Waals surface area contributed by atoms with Crippen molar-refractivity contribution in [2.24, 2.45) is 0 Å². The lowest BCUT2D eigenvalue weighted by Gasteiger charge is -2.28. The smallest absolute Gasteiger partial charge is 0.243 e. The summed E-state index contributed by atoms with van der Waals surface area (Å²) >= 11 is 5.82. The Hall–Kier alpha value is -2.05. The Labute approximate surface area is 147 Å². The summed E-state index contributed by atoms with van der Waals surface area (Å²) in [7, 11) is -3.60. The van der Waals surface area contributed by atoms with Gasteiger partial charge in [0, 0.05) is 11.6 Å². The van der Waals surface area contributed by atoms with E-state index in [1.807, 2.05) is 0 Å². The van der Waals surface area contributed by atoms with Crippen molar-refractivity contribution in [2.45, 2.75) is 19.5 Å². The monoisotopic (exact) mass is 366 g/mol. The van der Waals surface area contributed by atoms with Crippen molar-refractivity contribution in [3.8, 4) is 0 Å². The average Bonchev–Trinajstić information content (AvgIpc) is 2.54. The molecule has 1 amide bonds. The molecule has 1 N–H and O–H groups in total. The molecule has 0 aliphatic rings. The summed E-state index contributed by atoms with van der Waals surface area (Å²) in [6.07, 6.45) is 1.09. The van der Waals surface area contributed by atoms with Gasteiger partial charge >= 0.3 is 0 Å². The molecule has 0 radical (unpaired) electrons. The van der Waals surface area contributed by atoms with Crippen LogP contribution >= 0.6 is 11.6 Å². The summed E-state index contributed by atoms with van der Waals surface area (Å²) in [5, 5.41) is 3.37. The lowest BCUT2D eigenvalue weighted by Crippen LogP contribution is -2.47. The number of carbonyl (C=O) groups is 1. The van der Waals surface area contributed by atoms with Gasteiger partial charge in [0.15, 0.2) is 0 Å². The number of carbonyl (C=O) groups excluding carboxylic acids is 1. The van der Waals surface area contributed by atoms with Crippen LogP contribution in [0.15, 0.2) is 54.6 Å². The van der Waals surface area contributed by atoms with Gasteiger partial charge < -0.3 is 5.32 Å². The quantitative estimate of drug-likeness (QED) is 0.854. The van der Waals surface area contributed by atoms with Crippen molar-refractivity contribution in [3.05, 3.63) is 65.2 Å². The Morgan fingerprint density at radius 3 is 2.25 bits per heavy atom. The maximum absolute atomic E-state index is 12.4. The van der Waals surface area contributed by atoms with E-state index in [1.54, 1.807) is 61.5 Å². The standard InChI is InChI=1S/C17H19ClN2O3S/c1-13(17(21)19-12-14-8-10-15(18)11-9-14)20(24(2,22)23)16-6-4-3-5-7-16/h3-11,13H,12H2,1-2H3,(H,19,21)/t13-/m0/s1. The van der Waals surface area contributed by atoms with Gasteiger partial charge in [0.25, 0.3) is 0 Å². The van der Waals surface area contributed by atoms with Gasteiger partial charge in [-0.15, -0.1) is 0 Å². The minimum absolute atomic E-state index is 0.298. The Balaban J connectivity index is 2.13. The van der Waals surface area contributed by atoms with Crippen LogP contribution in [0.5, 0.6) is 0 Å². The Bertz CT molecular complexity index is 792. The van der Waals surface area contributed by atoms with E-state index < -0.39 is 16.1 Å². The maximum Gasteiger partial charge on any atom is 0.243 e. The molecule has 0 aliphatic carbocycles. The summed E-state index contributed by atoms with van der Waals surface area (Å²) < 4.78 is 25.4. The van der Waals surface area contributed by atoms with Crippen LogP contribution in [-0.4, -0.2) is 26.6 Å². The molecule has 0 heterocycles. The number of anilines is 1. The van der Waals surface area contributed by atoms with Crippen LogP contribution in [-0.2, 0) is 21.4 Å². The second-order valence-corrected chi connectivity index (χ2v) is 7.71. The molecule has 0 aliphatic heterocycles. The molecular formula is C17H19ClN2O3S. The molecule has 0 bridgehead atoms. The van der Waals surface area contributed by atoms with E-state index in [-0.39, 0.29) is 5.91 Å². The predicted molar refractivity (Wildman–Crippen MR) is 96.5 cm³/mol. The Morgan fingerprint density at radius 2 is 1.71 bits per heavy atom. The molecule has 0 saturated heterocycles. The molecule has 0 saturated carbocycles. The highest BCUT2D eigenvalue weighted by Gasteiger charge is 2.28. The minimum atomic E-state index is -3.60. The van der Waals surface area contributed by atoms with Crippen LogP contribution in [0, 0.1) is 0 Å². The van der Waals surface area contributed by atoms with Gasteiger partial charge in [-0.05, 0) is 36.8 Å². The summed E-state index contributed by atoms with van der Waals surface area (Å²) in [4.78, 5) is 12.4. The number of halogens is 1. The van der Waals surface area contributed by atoms with E-state index in [9.17, 15) is 13.2 Å². The van der Waals surface area contributed by atoms with Gasteiger partial charge in [0.05, 0.1) is 11.9 Å². The fraction of sp³-hybridized carbons (Fsp3) is 0.235. The highest BCUT2D eigenvalue weighted by atomic mass is 35.5. The largest absolute Gasteiger partial charge is 0.350 e. The summed E-state index contributed by atoms with van der Waals surface area (Å²) in [6.45, 7) is 1.86. The Morgan fingerprint density at radius 1 is 1.12 bits per heavy atom. The molecule has 0 unspecified atom stereocenters. The first-order valence-corrected chi connectivity index (χ1v) is 9.58. The van der Waals surface area contributed by atoms with Crippen LogP contribution in [0.2, 0.25) is 5.02 Å². The summed E-state index contributed by atoms with van der Waals surface area (Å²) in [5.41, 5.74) is 1.33. The third-order valence-electron chi connectivity index (χ3n) is 3.48. The Kier molecular flexibility index (Phi) is 5.85. The summed E-state index contributed by atoms with van der Waals surface area (Å²) in [6, 6.07) is 14.8. The van der Waals surface area contributed by atoms with Gasteiger partial charge in [0.2, 0.25) is 15.9 Å². The van der Waals surface area contributed by atoms with E-state index in [4.69, 9.17) is 11.6 Å². The number of nitrogens with one attached hydrogen (secondary N) is 1. The number of rotatable bonds is 6. The van der Waals surface area contributed by atoms with E-state index >= 15 is 0 Å². The number of hydrogen-bond donors (Lipinski definition) is 1. The molecule has 128 valence electrons. The molecule has 0 aromatic heterocycles. The molecule has 2 aromatic carbocycles. The normalized spacial score (nSPS) is 12.5. The molecule has 2 aromatic rings. The fourth-order valence-electron chi connectivity index (χ4n) is 2.32. The van der Waals surface area contributed by atoms with Gasteiger partial charge in [0.1, 0.15) is 6.04 Å². The number of para-hydroxylation sites is 1. The van der Waals surface area contributed by atoms with Crippen LogP contribution in [0.3, 0.4) is 0 Å². The highest BCUT2D eigenvalue weighted by Crippen LogP contribution is 2.20. The van der Waals surface area contributed by atoms with E-state index in [1.165, 1.54) is 0 Å². The SMILES string of the molecule is C[C@@H](C(=O)NCc1ccc(Cl)cc1)N(c1ccccc1)S(C)(=O)=O. The van der Waals surface area contributed by atoms with Gasteiger partial charge in [-0.2, -0.15) is 0 Å². The molecule has 24 heavy (non-hydrogen) atoms. The van der Waals surface area contributed by atoms with Gasteiger partial charge in [-0.3, -0.25) is 9.10 Å². The van der Waals surface area contributed by atoms with Crippen molar-refractivity contribution in [1.29, 1.82) is 0 Å². The van der Waals surface area contributed by atoms with Crippen LogP contribution < -0.4 is 9.62 Å². The fourth-order valence-corrected chi connectivity index (χ4v) is 3.62.